The van der Waals surface area contributed by atoms with Gasteiger partial charge in [0.1, 0.15) is 17.6 Å². The Hall–Kier alpha value is -3.70. The Bertz CT molecular complexity index is 1080. The van der Waals surface area contributed by atoms with Crippen molar-refractivity contribution in [3.63, 3.8) is 0 Å². The summed E-state index contributed by atoms with van der Waals surface area (Å²) in [7, 11) is 1.87. The van der Waals surface area contributed by atoms with Crippen LogP contribution in [0.25, 0.3) is 11.3 Å². The lowest BCUT2D eigenvalue weighted by Gasteiger charge is -2.16. The molecule has 8 nitrogen and oxygen atoms in total. The van der Waals surface area contributed by atoms with Crippen LogP contribution in [0.4, 0.5) is 17.5 Å². The summed E-state index contributed by atoms with van der Waals surface area (Å²) in [6, 6.07) is 13.3. The van der Waals surface area contributed by atoms with Gasteiger partial charge in [0, 0.05) is 25.4 Å². The van der Waals surface area contributed by atoms with E-state index < -0.39 is 0 Å². The van der Waals surface area contributed by atoms with E-state index in [9.17, 15) is 5.26 Å². The predicted molar refractivity (Wildman–Crippen MR) is 118 cm³/mol. The third-order valence-corrected chi connectivity index (χ3v) is 5.05. The number of pyridine rings is 1. The van der Waals surface area contributed by atoms with Crippen LogP contribution in [-0.2, 0) is 0 Å². The van der Waals surface area contributed by atoms with E-state index in [2.05, 4.69) is 26.3 Å². The topological polar surface area (TPSA) is 107 Å². The van der Waals surface area contributed by atoms with Gasteiger partial charge in [0.15, 0.2) is 0 Å². The minimum atomic E-state index is 0.0694. The molecule has 31 heavy (non-hydrogen) atoms. The molecule has 0 bridgehead atoms. The Kier molecular flexibility index (Phi) is 6.24. The summed E-state index contributed by atoms with van der Waals surface area (Å²) in [5.41, 5.74) is 2.77. The highest BCUT2D eigenvalue weighted by Crippen LogP contribution is 2.31. The number of anilines is 3. The summed E-state index contributed by atoms with van der Waals surface area (Å²) in [6.07, 6.45) is 5.77. The monoisotopic (exact) mass is 416 g/mol. The standard InChI is InChI=1S/C23H24N6O2/c1-29(10-11-30)22-7-5-19(14-26-22)27-23-25-9-8-20(28-23)17-4-6-21(18(12-17)13-24)31-15-16-2-3-16/h4-9,12,14,16,30H,2-3,10-11,15H2,1H3,(H,25,27,28). The lowest BCUT2D eigenvalue weighted by molar-refractivity contribution is 0.299. The number of nitriles is 1. The number of benzene rings is 1. The molecule has 1 fully saturated rings. The second kappa shape index (κ2) is 9.41. The van der Waals surface area contributed by atoms with Gasteiger partial charge >= 0.3 is 0 Å². The summed E-state index contributed by atoms with van der Waals surface area (Å²) < 4.78 is 5.80. The largest absolute Gasteiger partial charge is 0.492 e. The molecule has 8 heteroatoms. The van der Waals surface area contributed by atoms with Crippen molar-refractivity contribution >= 4 is 17.5 Å². The number of rotatable bonds is 9. The van der Waals surface area contributed by atoms with Gasteiger partial charge in [0.05, 0.1) is 36.4 Å². The van der Waals surface area contributed by atoms with Crippen LogP contribution in [-0.4, -0.2) is 46.9 Å². The zero-order chi connectivity index (χ0) is 21.6. The normalized spacial score (nSPS) is 12.8. The lowest BCUT2D eigenvalue weighted by Crippen LogP contribution is -2.22. The first-order chi connectivity index (χ1) is 15.2. The average Bonchev–Trinajstić information content (AvgIpc) is 3.63. The molecule has 0 aliphatic heterocycles. The van der Waals surface area contributed by atoms with Gasteiger partial charge in [0.25, 0.3) is 0 Å². The van der Waals surface area contributed by atoms with E-state index in [1.54, 1.807) is 24.5 Å². The number of aliphatic hydroxyl groups is 1. The van der Waals surface area contributed by atoms with Crippen LogP contribution in [0.3, 0.4) is 0 Å². The first kappa shape index (κ1) is 20.6. The molecular weight excluding hydrogens is 392 g/mol. The first-order valence-electron chi connectivity index (χ1n) is 10.2. The molecule has 1 aliphatic carbocycles. The van der Waals surface area contributed by atoms with Gasteiger partial charge in [-0.3, -0.25) is 0 Å². The van der Waals surface area contributed by atoms with Gasteiger partial charge in [-0.2, -0.15) is 5.26 Å². The molecule has 2 N–H and O–H groups in total. The Labute approximate surface area is 181 Å². The van der Waals surface area contributed by atoms with Crippen LogP contribution in [0.1, 0.15) is 18.4 Å². The molecule has 0 unspecified atom stereocenters. The van der Waals surface area contributed by atoms with Crippen molar-refractivity contribution in [1.29, 1.82) is 5.26 Å². The maximum absolute atomic E-state index is 9.52. The smallest absolute Gasteiger partial charge is 0.227 e. The maximum Gasteiger partial charge on any atom is 0.227 e. The Morgan fingerprint density at radius 2 is 2.10 bits per heavy atom. The summed E-state index contributed by atoms with van der Waals surface area (Å²) >= 11 is 0. The third-order valence-electron chi connectivity index (χ3n) is 5.05. The molecule has 2 aromatic heterocycles. The SMILES string of the molecule is CN(CCO)c1ccc(Nc2nccc(-c3ccc(OCC4CC4)c(C#N)c3)n2)cn1. The fourth-order valence-corrected chi connectivity index (χ4v) is 3.05. The van der Waals surface area contributed by atoms with E-state index in [0.29, 0.717) is 42.0 Å². The van der Waals surface area contributed by atoms with Crippen LogP contribution >= 0.6 is 0 Å². The van der Waals surface area contributed by atoms with Crippen molar-refractivity contribution in [2.24, 2.45) is 5.92 Å². The highest BCUT2D eigenvalue weighted by atomic mass is 16.5. The second-order valence-corrected chi connectivity index (χ2v) is 7.52. The van der Waals surface area contributed by atoms with Crippen LogP contribution in [0.2, 0.25) is 0 Å². The summed E-state index contributed by atoms with van der Waals surface area (Å²) in [6.45, 7) is 1.25. The summed E-state index contributed by atoms with van der Waals surface area (Å²) in [5.74, 6) is 2.44. The van der Waals surface area contributed by atoms with Crippen LogP contribution < -0.4 is 15.0 Å². The van der Waals surface area contributed by atoms with Gasteiger partial charge in [-0.25, -0.2) is 15.0 Å². The van der Waals surface area contributed by atoms with E-state index in [1.807, 2.05) is 36.2 Å². The van der Waals surface area contributed by atoms with Crippen molar-refractivity contribution in [2.45, 2.75) is 12.8 Å². The Morgan fingerprint density at radius 1 is 1.23 bits per heavy atom. The molecule has 3 aromatic rings. The van der Waals surface area contributed by atoms with E-state index >= 15 is 0 Å². The van der Waals surface area contributed by atoms with Crippen molar-refractivity contribution in [2.75, 3.05) is 37.0 Å². The van der Waals surface area contributed by atoms with Crippen molar-refractivity contribution in [1.82, 2.24) is 15.0 Å². The molecule has 2 heterocycles. The quantitative estimate of drug-likeness (QED) is 0.547. The number of likely N-dealkylation sites (N-methyl/N-ethyl adjacent to an activating group) is 1. The van der Waals surface area contributed by atoms with Gasteiger partial charge in [-0.1, -0.05) is 0 Å². The molecule has 0 spiro atoms. The predicted octanol–water partition coefficient (Wildman–Crippen LogP) is 3.37. The number of aromatic nitrogens is 3. The van der Waals surface area contributed by atoms with Crippen LogP contribution in [0.15, 0.2) is 48.8 Å². The maximum atomic E-state index is 9.52. The Balaban J connectivity index is 1.48. The zero-order valence-electron chi connectivity index (χ0n) is 17.3. The second-order valence-electron chi connectivity index (χ2n) is 7.52. The molecular formula is C23H24N6O2. The van der Waals surface area contributed by atoms with Gasteiger partial charge < -0.3 is 20.1 Å². The highest BCUT2D eigenvalue weighted by molar-refractivity contribution is 5.66. The molecule has 0 atom stereocenters. The number of nitrogens with one attached hydrogen (secondary N) is 1. The van der Waals surface area contributed by atoms with Crippen molar-refractivity contribution < 1.29 is 9.84 Å². The highest BCUT2D eigenvalue weighted by Gasteiger charge is 2.22. The van der Waals surface area contributed by atoms with Crippen LogP contribution in [0, 0.1) is 17.2 Å². The Morgan fingerprint density at radius 3 is 2.81 bits per heavy atom. The summed E-state index contributed by atoms with van der Waals surface area (Å²) in [4.78, 5) is 15.1. The van der Waals surface area contributed by atoms with Gasteiger partial charge in [-0.15, -0.1) is 0 Å². The third kappa shape index (κ3) is 5.27. The molecule has 0 saturated heterocycles. The molecule has 1 saturated carbocycles. The van der Waals surface area contributed by atoms with E-state index in [-0.39, 0.29) is 6.61 Å². The molecule has 1 aromatic carbocycles. The number of hydrogen-bond acceptors (Lipinski definition) is 8. The number of aliphatic hydroxyl groups excluding tert-OH is 1. The fourth-order valence-electron chi connectivity index (χ4n) is 3.05. The van der Waals surface area contributed by atoms with Gasteiger partial charge in [0.2, 0.25) is 5.95 Å². The summed E-state index contributed by atoms with van der Waals surface area (Å²) in [5, 5.41) is 21.7. The zero-order valence-corrected chi connectivity index (χ0v) is 17.3. The van der Waals surface area contributed by atoms with Gasteiger partial charge in [-0.05, 0) is 55.2 Å². The molecule has 1 aliphatic rings. The molecule has 158 valence electrons. The number of nitrogens with zero attached hydrogens (tertiary/aromatic N) is 5. The number of ether oxygens (including phenoxy) is 1. The van der Waals surface area contributed by atoms with Crippen molar-refractivity contribution in [3.05, 3.63) is 54.4 Å². The van der Waals surface area contributed by atoms with E-state index in [0.717, 1.165) is 17.1 Å². The fraction of sp³-hybridized carbons (Fsp3) is 0.304. The van der Waals surface area contributed by atoms with Crippen LogP contribution in [0.5, 0.6) is 5.75 Å². The van der Waals surface area contributed by atoms with E-state index in [4.69, 9.17) is 9.84 Å². The number of hydrogen-bond donors (Lipinski definition) is 2. The lowest BCUT2D eigenvalue weighted by atomic mass is 10.1. The molecule has 0 radical (unpaired) electrons. The first-order valence-corrected chi connectivity index (χ1v) is 10.2. The molecule has 0 amide bonds. The van der Waals surface area contributed by atoms with Crippen molar-refractivity contribution in [3.8, 4) is 23.1 Å². The average molecular weight is 416 g/mol. The molecule has 4 rings (SSSR count). The minimum absolute atomic E-state index is 0.0694. The minimum Gasteiger partial charge on any atom is -0.492 e. The van der Waals surface area contributed by atoms with E-state index in [1.165, 1.54) is 12.8 Å².